The van der Waals surface area contributed by atoms with Crippen molar-refractivity contribution >= 4 is 0 Å². The number of nitrogens with one attached hydrogen (secondary N) is 1. The van der Waals surface area contributed by atoms with Crippen molar-refractivity contribution in [3.05, 3.63) is 29.8 Å². The lowest BCUT2D eigenvalue weighted by molar-refractivity contribution is 0.239. The van der Waals surface area contributed by atoms with Crippen LogP contribution < -0.4 is 10.1 Å². The third-order valence-corrected chi connectivity index (χ3v) is 2.90. The van der Waals surface area contributed by atoms with Crippen molar-refractivity contribution in [1.82, 2.24) is 5.32 Å². The van der Waals surface area contributed by atoms with E-state index in [1.165, 1.54) is 18.4 Å². The second-order valence-electron chi connectivity index (χ2n) is 4.67. The Bertz CT molecular complexity index is 318. The zero-order valence-electron chi connectivity index (χ0n) is 11.5. The molecule has 0 saturated carbocycles. The summed E-state index contributed by atoms with van der Waals surface area (Å²) in [5.41, 5.74) is 1.24. The van der Waals surface area contributed by atoms with Crippen molar-refractivity contribution < 1.29 is 4.74 Å². The Kier molecular flexibility index (Phi) is 6.06. The Morgan fingerprint density at radius 3 is 2.35 bits per heavy atom. The molecule has 17 heavy (non-hydrogen) atoms. The Balaban J connectivity index is 2.63. The zero-order valence-corrected chi connectivity index (χ0v) is 11.5. The summed E-state index contributed by atoms with van der Waals surface area (Å²) in [6, 6.07) is 8.87. The second-order valence-corrected chi connectivity index (χ2v) is 4.67. The summed E-state index contributed by atoms with van der Waals surface area (Å²) in [6.07, 6.45) is 2.57. The molecular weight excluding hydrogens is 210 g/mol. The van der Waals surface area contributed by atoms with Crippen LogP contribution in [0.25, 0.3) is 0 Å². The summed E-state index contributed by atoms with van der Waals surface area (Å²) >= 11 is 0. The van der Waals surface area contributed by atoms with Crippen molar-refractivity contribution in [2.75, 3.05) is 0 Å². The quantitative estimate of drug-likeness (QED) is 0.777. The first kappa shape index (κ1) is 14.0. The van der Waals surface area contributed by atoms with Crippen LogP contribution in [0.1, 0.15) is 46.1 Å². The molecule has 1 rings (SSSR count). The van der Waals surface area contributed by atoms with Crippen molar-refractivity contribution in [2.24, 2.45) is 0 Å². The standard InChI is InChI=1S/C15H25NO/c1-5-14(6-2)16-11-13-9-7-8-10-15(13)17-12(3)4/h7-10,12,14,16H,5-6,11H2,1-4H3. The maximum atomic E-state index is 5.80. The van der Waals surface area contributed by atoms with Gasteiger partial charge in [-0.05, 0) is 32.8 Å². The van der Waals surface area contributed by atoms with E-state index in [0.29, 0.717) is 6.04 Å². The molecule has 0 aromatic heterocycles. The van der Waals surface area contributed by atoms with E-state index in [4.69, 9.17) is 4.74 Å². The third kappa shape index (κ3) is 4.78. The van der Waals surface area contributed by atoms with Gasteiger partial charge in [0.05, 0.1) is 6.10 Å². The average Bonchev–Trinajstić information content (AvgIpc) is 2.31. The highest BCUT2D eigenvalue weighted by atomic mass is 16.5. The molecule has 0 saturated heterocycles. The summed E-state index contributed by atoms with van der Waals surface area (Å²) in [5, 5.41) is 3.57. The molecule has 0 aliphatic rings. The molecule has 0 atom stereocenters. The summed E-state index contributed by atoms with van der Waals surface area (Å²) in [7, 11) is 0. The Hall–Kier alpha value is -1.02. The summed E-state index contributed by atoms with van der Waals surface area (Å²) in [4.78, 5) is 0. The van der Waals surface area contributed by atoms with Gasteiger partial charge in [0.15, 0.2) is 0 Å². The summed E-state index contributed by atoms with van der Waals surface area (Å²) in [6.45, 7) is 9.45. The molecule has 0 unspecified atom stereocenters. The van der Waals surface area contributed by atoms with E-state index in [-0.39, 0.29) is 6.10 Å². The molecule has 1 N–H and O–H groups in total. The highest BCUT2D eigenvalue weighted by Gasteiger charge is 2.07. The first-order chi connectivity index (χ1) is 8.17. The summed E-state index contributed by atoms with van der Waals surface area (Å²) < 4.78 is 5.80. The molecule has 0 bridgehead atoms. The Morgan fingerprint density at radius 1 is 1.12 bits per heavy atom. The van der Waals surface area contributed by atoms with Gasteiger partial charge in [-0.2, -0.15) is 0 Å². The molecule has 0 amide bonds. The molecule has 96 valence electrons. The average molecular weight is 235 g/mol. The molecule has 0 spiro atoms. The molecule has 1 aromatic carbocycles. The second kappa shape index (κ2) is 7.33. The SMILES string of the molecule is CCC(CC)NCc1ccccc1OC(C)C. The minimum atomic E-state index is 0.226. The molecule has 1 aromatic rings. The van der Waals surface area contributed by atoms with Crippen molar-refractivity contribution in [1.29, 1.82) is 0 Å². The van der Waals surface area contributed by atoms with E-state index in [9.17, 15) is 0 Å². The molecule has 0 aliphatic heterocycles. The Labute approximate surface area is 105 Å². The van der Waals surface area contributed by atoms with Crippen LogP contribution >= 0.6 is 0 Å². The number of rotatable bonds is 7. The fourth-order valence-electron chi connectivity index (χ4n) is 1.85. The van der Waals surface area contributed by atoms with E-state index in [0.717, 1.165) is 12.3 Å². The van der Waals surface area contributed by atoms with Gasteiger partial charge in [-0.1, -0.05) is 32.0 Å². The monoisotopic (exact) mass is 235 g/mol. The topological polar surface area (TPSA) is 21.3 Å². The van der Waals surface area contributed by atoms with Gasteiger partial charge in [-0.25, -0.2) is 0 Å². The minimum Gasteiger partial charge on any atom is -0.491 e. The van der Waals surface area contributed by atoms with Crippen LogP contribution in [-0.2, 0) is 6.54 Å². The number of ether oxygens (including phenoxy) is 1. The highest BCUT2D eigenvalue weighted by Crippen LogP contribution is 2.19. The van der Waals surface area contributed by atoms with Crippen LogP contribution in [0.2, 0.25) is 0 Å². The van der Waals surface area contributed by atoms with E-state index >= 15 is 0 Å². The highest BCUT2D eigenvalue weighted by molar-refractivity contribution is 5.33. The maximum absolute atomic E-state index is 5.80. The molecule has 2 nitrogen and oxygen atoms in total. The minimum absolute atomic E-state index is 0.226. The molecule has 0 radical (unpaired) electrons. The van der Waals surface area contributed by atoms with E-state index in [2.05, 4.69) is 45.1 Å². The van der Waals surface area contributed by atoms with Crippen molar-refractivity contribution in [3.63, 3.8) is 0 Å². The van der Waals surface area contributed by atoms with Crippen LogP contribution in [0.3, 0.4) is 0 Å². The fraction of sp³-hybridized carbons (Fsp3) is 0.600. The van der Waals surface area contributed by atoms with Crippen LogP contribution in [0.5, 0.6) is 5.75 Å². The molecular formula is C15H25NO. The van der Waals surface area contributed by atoms with Gasteiger partial charge in [0.25, 0.3) is 0 Å². The third-order valence-electron chi connectivity index (χ3n) is 2.90. The number of hydrogen-bond donors (Lipinski definition) is 1. The van der Waals surface area contributed by atoms with Crippen LogP contribution in [0.15, 0.2) is 24.3 Å². The van der Waals surface area contributed by atoms with E-state index in [1.807, 2.05) is 12.1 Å². The largest absolute Gasteiger partial charge is 0.491 e. The maximum Gasteiger partial charge on any atom is 0.124 e. The predicted molar refractivity (Wildman–Crippen MR) is 73.4 cm³/mol. The van der Waals surface area contributed by atoms with Crippen LogP contribution in [0, 0.1) is 0 Å². The number of benzene rings is 1. The van der Waals surface area contributed by atoms with Gasteiger partial charge in [0, 0.05) is 18.2 Å². The van der Waals surface area contributed by atoms with Gasteiger partial charge in [-0.15, -0.1) is 0 Å². The van der Waals surface area contributed by atoms with Gasteiger partial charge in [-0.3, -0.25) is 0 Å². The van der Waals surface area contributed by atoms with Gasteiger partial charge < -0.3 is 10.1 Å². The van der Waals surface area contributed by atoms with E-state index < -0.39 is 0 Å². The normalized spacial score (nSPS) is 11.2. The number of para-hydroxylation sites is 1. The Morgan fingerprint density at radius 2 is 1.76 bits per heavy atom. The first-order valence-corrected chi connectivity index (χ1v) is 6.65. The zero-order chi connectivity index (χ0) is 12.7. The van der Waals surface area contributed by atoms with Gasteiger partial charge in [0.1, 0.15) is 5.75 Å². The lowest BCUT2D eigenvalue weighted by atomic mass is 10.1. The van der Waals surface area contributed by atoms with Crippen LogP contribution in [0.4, 0.5) is 0 Å². The van der Waals surface area contributed by atoms with Crippen molar-refractivity contribution in [3.8, 4) is 5.75 Å². The van der Waals surface area contributed by atoms with Crippen molar-refractivity contribution in [2.45, 2.75) is 59.2 Å². The predicted octanol–water partition coefficient (Wildman–Crippen LogP) is 3.75. The molecule has 0 heterocycles. The first-order valence-electron chi connectivity index (χ1n) is 6.65. The molecule has 2 heteroatoms. The van der Waals surface area contributed by atoms with Crippen LogP contribution in [-0.4, -0.2) is 12.1 Å². The lowest BCUT2D eigenvalue weighted by Gasteiger charge is -2.18. The van der Waals surface area contributed by atoms with E-state index in [1.54, 1.807) is 0 Å². The molecule has 0 aliphatic carbocycles. The van der Waals surface area contributed by atoms with Gasteiger partial charge in [0.2, 0.25) is 0 Å². The smallest absolute Gasteiger partial charge is 0.124 e. The number of hydrogen-bond acceptors (Lipinski definition) is 2. The summed E-state index contributed by atoms with van der Waals surface area (Å²) in [5.74, 6) is 1.00. The lowest BCUT2D eigenvalue weighted by Crippen LogP contribution is -2.27. The fourth-order valence-corrected chi connectivity index (χ4v) is 1.85. The molecule has 0 fully saturated rings. The van der Waals surface area contributed by atoms with Gasteiger partial charge >= 0.3 is 0 Å².